The molecule has 0 aromatic heterocycles. The van der Waals surface area contributed by atoms with Gasteiger partial charge in [0.25, 0.3) is 5.91 Å². The number of carbonyl (C=O) groups is 2. The Kier molecular flexibility index (Phi) is 10.4. The van der Waals surface area contributed by atoms with Gasteiger partial charge in [-0.1, -0.05) is 48.2 Å². The van der Waals surface area contributed by atoms with Crippen molar-refractivity contribution in [1.82, 2.24) is 9.80 Å². The molecule has 0 saturated carbocycles. The van der Waals surface area contributed by atoms with Crippen molar-refractivity contribution in [3.8, 4) is 28.4 Å². The summed E-state index contributed by atoms with van der Waals surface area (Å²) in [5.41, 5.74) is 3.11. The highest BCUT2D eigenvalue weighted by molar-refractivity contribution is 8.26. The zero-order chi connectivity index (χ0) is 32.8. The molecule has 0 radical (unpaired) electrons. The number of thiocarbonyl (C=S) groups is 1. The van der Waals surface area contributed by atoms with Gasteiger partial charge in [0.15, 0.2) is 0 Å². The molecule has 47 heavy (non-hydrogen) atoms. The van der Waals surface area contributed by atoms with E-state index in [0.29, 0.717) is 41.2 Å². The molecule has 242 valence electrons. The first-order chi connectivity index (χ1) is 22.9. The SMILES string of the molecule is COc1ccc2cc(-c3ccc(OCCN4CCCC4)c(/C=C4\SC(=S)N(CCCOc5ccc(C(=O)O)cc5)C4=O)c3)ccc2c1. The van der Waals surface area contributed by atoms with Crippen molar-refractivity contribution < 1.29 is 28.9 Å². The van der Waals surface area contributed by atoms with E-state index in [9.17, 15) is 9.59 Å². The molecule has 2 fully saturated rings. The topological polar surface area (TPSA) is 88.5 Å². The molecule has 0 bridgehead atoms. The third-order valence-electron chi connectivity index (χ3n) is 8.31. The predicted molar refractivity (Wildman–Crippen MR) is 190 cm³/mol. The normalized spacial score (nSPS) is 15.9. The number of carboxylic acid groups (broad SMARTS) is 1. The number of rotatable bonds is 13. The molecule has 4 aromatic carbocycles. The standard InChI is InChI=1S/C37H36N2O6S2/c1-43-32-13-9-27-21-26(5-6-29(27)23-32)28-10-14-33(45-20-18-38-15-2-3-16-38)30(22-28)24-34-35(40)39(37(46)47-34)17-4-19-44-31-11-7-25(8-12-31)36(41)42/h5-14,21-24H,2-4,15-20H2,1H3,(H,41,42)/b34-24-. The zero-order valence-electron chi connectivity index (χ0n) is 26.1. The highest BCUT2D eigenvalue weighted by Crippen LogP contribution is 2.36. The Labute approximate surface area is 283 Å². The van der Waals surface area contributed by atoms with E-state index in [1.807, 2.05) is 24.3 Å². The van der Waals surface area contributed by atoms with Gasteiger partial charge in [0.2, 0.25) is 0 Å². The van der Waals surface area contributed by atoms with Crippen molar-refractivity contribution in [2.45, 2.75) is 19.3 Å². The second-order valence-electron chi connectivity index (χ2n) is 11.4. The Morgan fingerprint density at radius 3 is 2.34 bits per heavy atom. The van der Waals surface area contributed by atoms with Crippen LogP contribution in [0.2, 0.25) is 0 Å². The molecular formula is C37H36N2O6S2. The quantitative estimate of drug-likeness (QED) is 0.0892. The molecule has 0 spiro atoms. The van der Waals surface area contributed by atoms with Crippen LogP contribution in [0.4, 0.5) is 0 Å². The molecular weight excluding hydrogens is 633 g/mol. The first-order valence-corrected chi connectivity index (χ1v) is 16.9. The van der Waals surface area contributed by atoms with E-state index in [2.05, 4.69) is 41.3 Å². The summed E-state index contributed by atoms with van der Waals surface area (Å²) in [7, 11) is 1.67. The Morgan fingerprint density at radius 2 is 1.57 bits per heavy atom. The van der Waals surface area contributed by atoms with Crippen LogP contribution in [-0.4, -0.2) is 77.6 Å². The lowest BCUT2D eigenvalue weighted by Crippen LogP contribution is -2.29. The maximum atomic E-state index is 13.5. The Balaban J connectivity index is 1.18. The van der Waals surface area contributed by atoms with E-state index >= 15 is 0 Å². The van der Waals surface area contributed by atoms with Crippen molar-refractivity contribution in [1.29, 1.82) is 0 Å². The summed E-state index contributed by atoms with van der Waals surface area (Å²) < 4.78 is 18.0. The number of ether oxygens (including phenoxy) is 3. The summed E-state index contributed by atoms with van der Waals surface area (Å²) in [5, 5.41) is 11.3. The van der Waals surface area contributed by atoms with Gasteiger partial charge in [-0.25, -0.2) is 4.79 Å². The van der Waals surface area contributed by atoms with Crippen molar-refractivity contribution in [2.75, 3.05) is 46.5 Å². The highest BCUT2D eigenvalue weighted by atomic mass is 32.2. The van der Waals surface area contributed by atoms with Crippen LogP contribution in [0.1, 0.15) is 35.2 Å². The number of hydrogen-bond donors (Lipinski definition) is 1. The van der Waals surface area contributed by atoms with Gasteiger partial charge in [0, 0.05) is 18.7 Å². The summed E-state index contributed by atoms with van der Waals surface area (Å²) in [5.74, 6) is 0.995. The number of benzene rings is 4. The number of methoxy groups -OCH3 is 1. The van der Waals surface area contributed by atoms with Gasteiger partial charge in [-0.15, -0.1) is 0 Å². The summed E-state index contributed by atoms with van der Waals surface area (Å²) in [6, 6.07) is 24.8. The fourth-order valence-electron chi connectivity index (χ4n) is 5.73. The number of nitrogens with zero attached hydrogens (tertiary/aromatic N) is 2. The molecule has 10 heteroatoms. The molecule has 6 rings (SSSR count). The molecule has 0 aliphatic carbocycles. The van der Waals surface area contributed by atoms with Crippen LogP contribution in [0.5, 0.6) is 17.2 Å². The van der Waals surface area contributed by atoms with Gasteiger partial charge < -0.3 is 19.3 Å². The van der Waals surface area contributed by atoms with Crippen molar-refractivity contribution >= 4 is 57.0 Å². The number of carboxylic acids is 1. The van der Waals surface area contributed by atoms with E-state index < -0.39 is 5.97 Å². The number of hydrogen-bond acceptors (Lipinski definition) is 8. The van der Waals surface area contributed by atoms with Crippen molar-refractivity contribution in [3.63, 3.8) is 0 Å². The maximum Gasteiger partial charge on any atom is 0.335 e. The first kappa shape index (κ1) is 32.6. The highest BCUT2D eigenvalue weighted by Gasteiger charge is 2.32. The number of carbonyl (C=O) groups excluding carboxylic acids is 1. The number of thioether (sulfide) groups is 1. The molecule has 0 atom stereocenters. The predicted octanol–water partition coefficient (Wildman–Crippen LogP) is 7.36. The molecule has 1 N–H and O–H groups in total. The summed E-state index contributed by atoms with van der Waals surface area (Å²) >= 11 is 6.90. The summed E-state index contributed by atoms with van der Waals surface area (Å²) in [6.07, 6.45) is 4.91. The van der Waals surface area contributed by atoms with Gasteiger partial charge in [-0.05, 0) is 115 Å². The zero-order valence-corrected chi connectivity index (χ0v) is 27.8. The summed E-state index contributed by atoms with van der Waals surface area (Å²) in [6.45, 7) is 4.41. The van der Waals surface area contributed by atoms with E-state index in [0.717, 1.165) is 58.6 Å². The van der Waals surface area contributed by atoms with Gasteiger partial charge in [-0.3, -0.25) is 14.6 Å². The van der Waals surface area contributed by atoms with Gasteiger partial charge in [0.1, 0.15) is 28.2 Å². The van der Waals surface area contributed by atoms with E-state index in [4.69, 9.17) is 31.5 Å². The maximum absolute atomic E-state index is 13.5. The van der Waals surface area contributed by atoms with E-state index in [-0.39, 0.29) is 11.5 Å². The fraction of sp³-hybridized carbons (Fsp3) is 0.270. The minimum absolute atomic E-state index is 0.140. The molecule has 0 unspecified atom stereocenters. The van der Waals surface area contributed by atoms with Crippen LogP contribution in [0.3, 0.4) is 0 Å². The van der Waals surface area contributed by atoms with Crippen LogP contribution < -0.4 is 14.2 Å². The second-order valence-corrected chi connectivity index (χ2v) is 13.1. The minimum Gasteiger partial charge on any atom is -0.497 e. The number of likely N-dealkylation sites (tertiary alicyclic amines) is 1. The summed E-state index contributed by atoms with van der Waals surface area (Å²) in [4.78, 5) is 29.2. The third kappa shape index (κ3) is 7.96. The second kappa shape index (κ2) is 15.0. The average Bonchev–Trinajstić information content (AvgIpc) is 3.70. The lowest BCUT2D eigenvalue weighted by Gasteiger charge is -2.17. The number of aromatic carboxylic acids is 1. The molecule has 2 aliphatic heterocycles. The lowest BCUT2D eigenvalue weighted by atomic mass is 9.99. The fourth-order valence-corrected chi connectivity index (χ4v) is 7.03. The lowest BCUT2D eigenvalue weighted by molar-refractivity contribution is -0.122. The Bertz CT molecular complexity index is 1820. The van der Waals surface area contributed by atoms with Crippen LogP contribution in [-0.2, 0) is 4.79 Å². The monoisotopic (exact) mass is 668 g/mol. The molecule has 2 saturated heterocycles. The van der Waals surface area contributed by atoms with Gasteiger partial charge in [0.05, 0.1) is 24.2 Å². The smallest absolute Gasteiger partial charge is 0.335 e. The van der Waals surface area contributed by atoms with Gasteiger partial charge in [-0.2, -0.15) is 0 Å². The molecule has 8 nitrogen and oxygen atoms in total. The van der Waals surface area contributed by atoms with E-state index in [1.165, 1.54) is 36.7 Å². The van der Waals surface area contributed by atoms with Crippen LogP contribution in [0.15, 0.2) is 83.8 Å². The largest absolute Gasteiger partial charge is 0.497 e. The van der Waals surface area contributed by atoms with Crippen LogP contribution in [0.25, 0.3) is 28.0 Å². The van der Waals surface area contributed by atoms with Crippen LogP contribution >= 0.6 is 24.0 Å². The molecule has 1 amide bonds. The van der Waals surface area contributed by atoms with Gasteiger partial charge >= 0.3 is 5.97 Å². The minimum atomic E-state index is -0.985. The first-order valence-electron chi connectivity index (χ1n) is 15.7. The average molecular weight is 669 g/mol. The third-order valence-corrected chi connectivity index (χ3v) is 9.69. The Hall–Kier alpha value is -4.38. The van der Waals surface area contributed by atoms with Crippen molar-refractivity contribution in [2.24, 2.45) is 0 Å². The Morgan fingerprint density at radius 1 is 0.872 bits per heavy atom. The molecule has 2 heterocycles. The number of fused-ring (bicyclic) bond motifs is 1. The van der Waals surface area contributed by atoms with Crippen LogP contribution in [0, 0.1) is 0 Å². The molecule has 4 aromatic rings. The van der Waals surface area contributed by atoms with E-state index in [1.54, 1.807) is 24.1 Å². The number of amides is 1. The molecule has 2 aliphatic rings. The van der Waals surface area contributed by atoms with Crippen molar-refractivity contribution in [3.05, 3.63) is 94.9 Å².